The smallest absolute Gasteiger partial charge is 0.0338 e. The molecule has 1 aliphatic heterocycles. The maximum absolute atomic E-state index is 5.81. The first-order valence-corrected chi connectivity index (χ1v) is 9.00. The molecule has 2 rings (SSSR count). The van der Waals surface area contributed by atoms with Gasteiger partial charge in [-0.3, -0.25) is 0 Å². The Morgan fingerprint density at radius 3 is 1.89 bits per heavy atom. The van der Waals surface area contributed by atoms with Gasteiger partial charge in [0.05, 0.1) is 0 Å². The molecule has 118 valence electrons. The largest absolute Gasteiger partial charge is 0.316 e. The molecule has 1 nitrogen and oxygen atoms in total. The van der Waals surface area contributed by atoms with Crippen molar-refractivity contribution in [2.45, 2.75) is 85.4 Å². The van der Waals surface area contributed by atoms with Gasteiger partial charge in [0.15, 0.2) is 0 Å². The van der Waals surface area contributed by atoms with Gasteiger partial charge < -0.3 is 5.32 Å². The van der Waals surface area contributed by atoms with E-state index in [9.17, 15) is 0 Å². The van der Waals surface area contributed by atoms with Crippen LogP contribution in [0.25, 0.3) is 0 Å². The lowest BCUT2D eigenvalue weighted by Crippen LogP contribution is -2.29. The van der Waals surface area contributed by atoms with Crippen LogP contribution < -0.4 is 5.32 Å². The maximum Gasteiger partial charge on any atom is 0.0338 e. The molecule has 1 N–H and O–H groups in total. The van der Waals surface area contributed by atoms with E-state index in [1.165, 1.54) is 51.6 Å². The van der Waals surface area contributed by atoms with Crippen molar-refractivity contribution in [3.8, 4) is 0 Å². The highest BCUT2D eigenvalue weighted by Gasteiger charge is 2.17. The summed E-state index contributed by atoms with van der Waals surface area (Å²) in [7, 11) is 0. The zero-order chi connectivity index (χ0) is 15.1. The predicted molar refractivity (Wildman–Crippen MR) is 91.2 cm³/mol. The molecule has 0 amide bonds. The van der Waals surface area contributed by atoms with Crippen LogP contribution in [-0.4, -0.2) is 18.5 Å². The summed E-state index contributed by atoms with van der Waals surface area (Å²) >= 11 is 5.81. The Bertz CT molecular complexity index is 147. The van der Waals surface area contributed by atoms with Crippen molar-refractivity contribution >= 4 is 11.6 Å². The molecule has 2 aliphatic rings. The molecule has 0 aromatic carbocycles. The van der Waals surface area contributed by atoms with E-state index < -0.39 is 0 Å². The zero-order valence-electron chi connectivity index (χ0n) is 14.3. The van der Waals surface area contributed by atoms with E-state index in [1.54, 1.807) is 0 Å². The predicted octanol–water partition coefficient (Wildman–Crippen LogP) is 5.86. The van der Waals surface area contributed by atoms with E-state index in [0.29, 0.717) is 5.38 Å². The van der Waals surface area contributed by atoms with Crippen LogP contribution in [0.3, 0.4) is 0 Å². The Balaban J connectivity index is 0. The van der Waals surface area contributed by atoms with Crippen molar-refractivity contribution in [3.63, 3.8) is 0 Å². The van der Waals surface area contributed by atoms with Crippen LogP contribution in [0.5, 0.6) is 0 Å². The van der Waals surface area contributed by atoms with E-state index >= 15 is 0 Å². The minimum Gasteiger partial charge on any atom is -0.316 e. The van der Waals surface area contributed by atoms with E-state index in [2.05, 4.69) is 19.2 Å². The third-order valence-corrected chi connectivity index (χ3v) is 4.00. The molecule has 0 aromatic rings. The summed E-state index contributed by atoms with van der Waals surface area (Å²) in [6.07, 6.45) is 8.01. The van der Waals surface area contributed by atoms with Crippen LogP contribution in [-0.2, 0) is 0 Å². The molecular weight excluding hydrogens is 254 g/mol. The second-order valence-corrected chi connectivity index (χ2v) is 5.75. The van der Waals surface area contributed by atoms with Gasteiger partial charge in [-0.25, -0.2) is 0 Å². The Kier molecular flexibility index (Phi) is 18.5. The molecule has 2 fully saturated rings. The number of piperidine rings is 1. The van der Waals surface area contributed by atoms with Gasteiger partial charge in [0.2, 0.25) is 0 Å². The fraction of sp³-hybridized carbons (Fsp3) is 1.00. The SMILES string of the molecule is CC.CC.CC1CCC(Cl)C1.CCC1CCCNC1. The fourth-order valence-corrected chi connectivity index (χ4v) is 2.84. The van der Waals surface area contributed by atoms with E-state index in [4.69, 9.17) is 11.6 Å². The van der Waals surface area contributed by atoms with Crippen molar-refractivity contribution in [3.05, 3.63) is 0 Å². The van der Waals surface area contributed by atoms with Gasteiger partial charge in [-0.2, -0.15) is 0 Å². The summed E-state index contributed by atoms with van der Waals surface area (Å²) in [6, 6.07) is 0. The quantitative estimate of drug-likeness (QED) is 0.596. The van der Waals surface area contributed by atoms with Gasteiger partial charge in [-0.1, -0.05) is 48.0 Å². The summed E-state index contributed by atoms with van der Waals surface area (Å²) in [4.78, 5) is 0. The van der Waals surface area contributed by atoms with Gasteiger partial charge in [-0.05, 0) is 57.0 Å². The third kappa shape index (κ3) is 13.0. The molecule has 1 heterocycles. The standard InChI is InChI=1S/C7H15N.C6H11Cl.2C2H6/c1-2-7-4-3-5-8-6-7;1-5-2-3-6(7)4-5;2*1-2/h7-8H,2-6H2,1H3;5-6H,2-4H2,1H3;2*1-2H3. The molecule has 0 spiro atoms. The molecule has 0 radical (unpaired) electrons. The van der Waals surface area contributed by atoms with Crippen LogP contribution in [0, 0.1) is 11.8 Å². The highest BCUT2D eigenvalue weighted by Crippen LogP contribution is 2.28. The average molecular weight is 292 g/mol. The van der Waals surface area contributed by atoms with Crippen molar-refractivity contribution < 1.29 is 0 Å². The summed E-state index contributed by atoms with van der Waals surface area (Å²) in [5.74, 6) is 1.87. The molecule has 1 saturated carbocycles. The van der Waals surface area contributed by atoms with Gasteiger partial charge >= 0.3 is 0 Å². The molecule has 3 atom stereocenters. The summed E-state index contributed by atoms with van der Waals surface area (Å²) in [6.45, 7) is 15.0. The number of hydrogen-bond donors (Lipinski definition) is 1. The lowest BCUT2D eigenvalue weighted by molar-refractivity contribution is 0.369. The second kappa shape index (κ2) is 16.3. The number of halogens is 1. The Morgan fingerprint density at radius 2 is 1.68 bits per heavy atom. The average Bonchev–Trinajstić information content (AvgIpc) is 2.88. The van der Waals surface area contributed by atoms with E-state index in [-0.39, 0.29) is 0 Å². The first-order chi connectivity index (χ1) is 9.22. The molecule has 1 aliphatic carbocycles. The zero-order valence-corrected chi connectivity index (χ0v) is 15.0. The number of hydrogen-bond acceptors (Lipinski definition) is 1. The third-order valence-electron chi connectivity index (χ3n) is 3.61. The van der Waals surface area contributed by atoms with Crippen LogP contribution in [0.1, 0.15) is 80.1 Å². The lowest BCUT2D eigenvalue weighted by atomic mass is 9.97. The van der Waals surface area contributed by atoms with Crippen LogP contribution in [0.2, 0.25) is 0 Å². The topological polar surface area (TPSA) is 12.0 Å². The minimum atomic E-state index is 0.495. The van der Waals surface area contributed by atoms with Crippen molar-refractivity contribution in [1.82, 2.24) is 5.32 Å². The van der Waals surface area contributed by atoms with Crippen LogP contribution >= 0.6 is 11.6 Å². The number of alkyl halides is 1. The molecular formula is C17H38ClN. The van der Waals surface area contributed by atoms with Crippen LogP contribution in [0.4, 0.5) is 0 Å². The monoisotopic (exact) mass is 291 g/mol. The Labute approximate surface area is 127 Å². The van der Waals surface area contributed by atoms with Crippen molar-refractivity contribution in [1.29, 1.82) is 0 Å². The van der Waals surface area contributed by atoms with Gasteiger partial charge in [-0.15, -0.1) is 11.6 Å². The summed E-state index contributed by atoms with van der Waals surface area (Å²) < 4.78 is 0. The number of rotatable bonds is 1. The van der Waals surface area contributed by atoms with Gasteiger partial charge in [0, 0.05) is 5.38 Å². The first-order valence-electron chi connectivity index (χ1n) is 8.57. The van der Waals surface area contributed by atoms with Gasteiger partial charge in [0.1, 0.15) is 0 Å². The molecule has 2 heteroatoms. The maximum atomic E-state index is 5.81. The Hall–Kier alpha value is 0.250. The second-order valence-electron chi connectivity index (χ2n) is 5.14. The fourth-order valence-electron chi connectivity index (χ4n) is 2.41. The normalized spacial score (nSPS) is 28.9. The first kappa shape index (κ1) is 21.5. The highest BCUT2D eigenvalue weighted by molar-refractivity contribution is 6.20. The molecule has 0 aromatic heterocycles. The lowest BCUT2D eigenvalue weighted by Gasteiger charge is -2.20. The molecule has 3 unspecified atom stereocenters. The van der Waals surface area contributed by atoms with Crippen molar-refractivity contribution in [2.24, 2.45) is 11.8 Å². The molecule has 0 bridgehead atoms. The van der Waals surface area contributed by atoms with Crippen LogP contribution in [0.15, 0.2) is 0 Å². The minimum absolute atomic E-state index is 0.495. The highest BCUT2D eigenvalue weighted by atomic mass is 35.5. The molecule has 1 saturated heterocycles. The van der Waals surface area contributed by atoms with E-state index in [0.717, 1.165) is 11.8 Å². The molecule has 19 heavy (non-hydrogen) atoms. The number of nitrogens with one attached hydrogen (secondary N) is 1. The van der Waals surface area contributed by atoms with Gasteiger partial charge in [0.25, 0.3) is 0 Å². The van der Waals surface area contributed by atoms with E-state index in [1.807, 2.05) is 27.7 Å². The van der Waals surface area contributed by atoms with Crippen molar-refractivity contribution in [2.75, 3.05) is 13.1 Å². The summed E-state index contributed by atoms with van der Waals surface area (Å²) in [5.41, 5.74) is 0. The summed E-state index contributed by atoms with van der Waals surface area (Å²) in [5, 5.41) is 3.88. The Morgan fingerprint density at radius 1 is 1.05 bits per heavy atom.